The lowest BCUT2D eigenvalue weighted by atomic mass is 9.96. The lowest BCUT2D eigenvalue weighted by molar-refractivity contribution is -0.130. The van der Waals surface area contributed by atoms with Gasteiger partial charge in [0.25, 0.3) is 0 Å². The van der Waals surface area contributed by atoms with Crippen LogP contribution in [0.1, 0.15) is 24.0 Å². The van der Waals surface area contributed by atoms with Crippen LogP contribution >= 0.6 is 0 Å². The Hall–Kier alpha value is -3.93. The van der Waals surface area contributed by atoms with Crippen LogP contribution in [0.5, 0.6) is 5.75 Å². The van der Waals surface area contributed by atoms with Gasteiger partial charge in [0.05, 0.1) is 0 Å². The molecule has 0 aliphatic carbocycles. The number of piperidine rings is 1. The lowest BCUT2D eigenvalue weighted by Crippen LogP contribution is -2.40. The molecule has 1 aromatic heterocycles. The van der Waals surface area contributed by atoms with Crippen molar-refractivity contribution in [3.05, 3.63) is 96.2 Å². The number of nitrogens with one attached hydrogen (secondary N) is 1. The SMILES string of the molecule is O=C(Nc1ccccn1)C1CCN(C(=O)C=Cc2cccc(OCc3ccccc3)c2)CC1. The summed E-state index contributed by atoms with van der Waals surface area (Å²) in [4.78, 5) is 31.0. The van der Waals surface area contributed by atoms with E-state index >= 15 is 0 Å². The summed E-state index contributed by atoms with van der Waals surface area (Å²) in [6.45, 7) is 1.61. The van der Waals surface area contributed by atoms with Crippen LogP contribution in [0.25, 0.3) is 6.08 Å². The van der Waals surface area contributed by atoms with Gasteiger partial charge in [-0.3, -0.25) is 9.59 Å². The van der Waals surface area contributed by atoms with E-state index in [4.69, 9.17) is 4.74 Å². The Labute approximate surface area is 193 Å². The van der Waals surface area contributed by atoms with Crippen molar-refractivity contribution >= 4 is 23.7 Å². The third kappa shape index (κ3) is 6.53. The number of carbonyl (C=O) groups excluding carboxylic acids is 2. The first kappa shape index (κ1) is 22.3. The van der Waals surface area contributed by atoms with Crippen LogP contribution in [-0.4, -0.2) is 34.8 Å². The number of carbonyl (C=O) groups is 2. The first-order valence-corrected chi connectivity index (χ1v) is 11.1. The zero-order valence-corrected chi connectivity index (χ0v) is 18.4. The van der Waals surface area contributed by atoms with E-state index in [0.29, 0.717) is 38.4 Å². The monoisotopic (exact) mass is 441 g/mol. The number of pyridine rings is 1. The lowest BCUT2D eigenvalue weighted by Gasteiger charge is -2.30. The van der Waals surface area contributed by atoms with Crippen LogP contribution in [-0.2, 0) is 16.2 Å². The van der Waals surface area contributed by atoms with Crippen molar-refractivity contribution in [3.8, 4) is 5.75 Å². The predicted molar refractivity (Wildman–Crippen MR) is 128 cm³/mol. The van der Waals surface area contributed by atoms with Gasteiger partial charge in [-0.15, -0.1) is 0 Å². The van der Waals surface area contributed by atoms with Crippen molar-refractivity contribution in [3.63, 3.8) is 0 Å². The highest BCUT2D eigenvalue weighted by Crippen LogP contribution is 2.20. The second kappa shape index (κ2) is 11.1. The highest BCUT2D eigenvalue weighted by atomic mass is 16.5. The molecule has 1 aliphatic rings. The molecule has 6 nitrogen and oxygen atoms in total. The zero-order chi connectivity index (χ0) is 22.9. The van der Waals surface area contributed by atoms with E-state index < -0.39 is 0 Å². The number of hydrogen-bond acceptors (Lipinski definition) is 4. The van der Waals surface area contributed by atoms with Crippen LogP contribution in [0, 0.1) is 5.92 Å². The number of likely N-dealkylation sites (tertiary alicyclic amines) is 1. The molecular weight excluding hydrogens is 414 g/mol. The Morgan fingerprint density at radius 1 is 1.00 bits per heavy atom. The van der Waals surface area contributed by atoms with Gasteiger partial charge in [-0.1, -0.05) is 48.5 Å². The first-order chi connectivity index (χ1) is 16.2. The molecule has 4 rings (SSSR count). The molecule has 0 atom stereocenters. The molecule has 6 heteroatoms. The molecule has 33 heavy (non-hydrogen) atoms. The normalized spacial score (nSPS) is 14.2. The fraction of sp³-hybridized carbons (Fsp3) is 0.222. The number of anilines is 1. The van der Waals surface area contributed by atoms with Crippen LogP contribution in [0.4, 0.5) is 5.82 Å². The summed E-state index contributed by atoms with van der Waals surface area (Å²) in [6, 6.07) is 23.1. The summed E-state index contributed by atoms with van der Waals surface area (Å²) in [7, 11) is 0. The maximum atomic E-state index is 12.6. The molecule has 1 saturated heterocycles. The van der Waals surface area contributed by atoms with E-state index in [2.05, 4.69) is 10.3 Å². The van der Waals surface area contributed by atoms with E-state index in [1.807, 2.05) is 60.7 Å². The third-order valence-corrected chi connectivity index (χ3v) is 5.62. The van der Waals surface area contributed by atoms with Gasteiger partial charge >= 0.3 is 0 Å². The molecule has 0 spiro atoms. The van der Waals surface area contributed by atoms with E-state index in [1.165, 1.54) is 0 Å². The Morgan fingerprint density at radius 2 is 1.79 bits per heavy atom. The van der Waals surface area contributed by atoms with Gasteiger partial charge in [0.1, 0.15) is 18.2 Å². The average molecular weight is 442 g/mol. The summed E-state index contributed by atoms with van der Waals surface area (Å²) < 4.78 is 5.86. The fourth-order valence-corrected chi connectivity index (χ4v) is 3.75. The van der Waals surface area contributed by atoms with Gasteiger partial charge in [0, 0.05) is 31.3 Å². The number of rotatable bonds is 7. The first-order valence-electron chi connectivity index (χ1n) is 11.1. The Morgan fingerprint density at radius 3 is 2.55 bits per heavy atom. The second-order valence-electron chi connectivity index (χ2n) is 7.98. The van der Waals surface area contributed by atoms with E-state index in [1.54, 1.807) is 35.4 Å². The van der Waals surface area contributed by atoms with E-state index in [0.717, 1.165) is 16.9 Å². The van der Waals surface area contributed by atoms with Gasteiger partial charge in [0.2, 0.25) is 11.8 Å². The van der Waals surface area contributed by atoms with Gasteiger partial charge in [-0.2, -0.15) is 0 Å². The fourth-order valence-electron chi connectivity index (χ4n) is 3.75. The summed E-state index contributed by atoms with van der Waals surface area (Å²) in [5.74, 6) is 1.11. The van der Waals surface area contributed by atoms with Crippen molar-refractivity contribution in [2.75, 3.05) is 18.4 Å². The standard InChI is InChI=1S/C27H27N3O3/c31-26(30-17-14-23(15-18-30)27(32)29-25-11-4-5-16-28-25)13-12-21-9-6-10-24(19-21)33-20-22-7-2-1-3-8-22/h1-13,16,19,23H,14-15,17-18,20H2,(H,28,29,32). The minimum absolute atomic E-state index is 0.0383. The van der Waals surface area contributed by atoms with Crippen molar-refractivity contribution < 1.29 is 14.3 Å². The van der Waals surface area contributed by atoms with Crippen molar-refractivity contribution in [2.45, 2.75) is 19.4 Å². The number of aromatic nitrogens is 1. The van der Waals surface area contributed by atoms with E-state index in [9.17, 15) is 9.59 Å². The second-order valence-corrected chi connectivity index (χ2v) is 7.98. The number of amides is 2. The maximum absolute atomic E-state index is 12.6. The Kier molecular flexibility index (Phi) is 7.48. The molecule has 2 aromatic carbocycles. The molecule has 0 unspecified atom stereocenters. The number of nitrogens with zero attached hydrogens (tertiary/aromatic N) is 2. The highest BCUT2D eigenvalue weighted by Gasteiger charge is 2.26. The largest absolute Gasteiger partial charge is 0.489 e. The molecule has 0 bridgehead atoms. The number of benzene rings is 2. The Bertz CT molecular complexity index is 1090. The average Bonchev–Trinajstić information content (AvgIpc) is 2.87. The summed E-state index contributed by atoms with van der Waals surface area (Å²) in [6.07, 6.45) is 6.32. The van der Waals surface area contributed by atoms with Crippen LogP contribution < -0.4 is 10.1 Å². The van der Waals surface area contributed by atoms with Gasteiger partial charge in [-0.25, -0.2) is 4.98 Å². The number of hydrogen-bond donors (Lipinski definition) is 1. The Balaban J connectivity index is 1.25. The molecule has 1 N–H and O–H groups in total. The molecule has 3 aromatic rings. The molecular formula is C27H27N3O3. The van der Waals surface area contributed by atoms with Crippen LogP contribution in [0.3, 0.4) is 0 Å². The van der Waals surface area contributed by atoms with Crippen molar-refractivity contribution in [1.82, 2.24) is 9.88 Å². The minimum atomic E-state index is -0.113. The summed E-state index contributed by atoms with van der Waals surface area (Å²) in [5, 5.41) is 2.85. The summed E-state index contributed by atoms with van der Waals surface area (Å²) >= 11 is 0. The molecule has 2 amide bonds. The molecule has 1 aliphatic heterocycles. The molecule has 1 fully saturated rings. The third-order valence-electron chi connectivity index (χ3n) is 5.62. The molecule has 0 saturated carbocycles. The highest BCUT2D eigenvalue weighted by molar-refractivity contribution is 5.93. The van der Waals surface area contributed by atoms with Crippen LogP contribution in [0.15, 0.2) is 85.1 Å². The van der Waals surface area contributed by atoms with Crippen molar-refractivity contribution in [1.29, 1.82) is 0 Å². The zero-order valence-electron chi connectivity index (χ0n) is 18.4. The van der Waals surface area contributed by atoms with Crippen molar-refractivity contribution in [2.24, 2.45) is 5.92 Å². The van der Waals surface area contributed by atoms with Gasteiger partial charge in [-0.05, 0) is 54.3 Å². The quantitative estimate of drug-likeness (QED) is 0.546. The predicted octanol–water partition coefficient (Wildman–Crippen LogP) is 4.55. The molecule has 0 radical (unpaired) electrons. The van der Waals surface area contributed by atoms with E-state index in [-0.39, 0.29) is 17.7 Å². The summed E-state index contributed by atoms with van der Waals surface area (Å²) in [5.41, 5.74) is 2.00. The van der Waals surface area contributed by atoms with Crippen LogP contribution in [0.2, 0.25) is 0 Å². The molecule has 168 valence electrons. The van der Waals surface area contributed by atoms with Gasteiger partial charge < -0.3 is 15.0 Å². The minimum Gasteiger partial charge on any atom is -0.489 e. The smallest absolute Gasteiger partial charge is 0.246 e. The number of ether oxygens (including phenoxy) is 1. The van der Waals surface area contributed by atoms with Gasteiger partial charge in [0.15, 0.2) is 0 Å². The molecule has 2 heterocycles. The maximum Gasteiger partial charge on any atom is 0.246 e. The topological polar surface area (TPSA) is 71.5 Å².